The van der Waals surface area contributed by atoms with Crippen molar-refractivity contribution in [2.75, 3.05) is 0 Å². The van der Waals surface area contributed by atoms with Crippen LogP contribution < -0.4 is 4.74 Å². The van der Waals surface area contributed by atoms with Crippen LogP contribution in [0.25, 0.3) is 0 Å². The van der Waals surface area contributed by atoms with Crippen LogP contribution in [0, 0.1) is 5.82 Å². The maximum absolute atomic E-state index is 13.5. The molecule has 3 heteroatoms. The monoisotopic (exact) mass is 238 g/mol. The largest absolute Gasteiger partial charge is 0.424 e. The Morgan fingerprint density at radius 2 is 2.06 bits per heavy atom. The fourth-order valence-corrected chi connectivity index (χ4v) is 1.69. The van der Waals surface area contributed by atoms with Crippen molar-refractivity contribution in [3.63, 3.8) is 0 Å². The second-order valence-corrected chi connectivity index (χ2v) is 4.17. The summed E-state index contributed by atoms with van der Waals surface area (Å²) in [7, 11) is 0. The van der Waals surface area contributed by atoms with Crippen molar-refractivity contribution in [1.82, 2.24) is 0 Å². The van der Waals surface area contributed by atoms with Crippen LogP contribution in [0.2, 0.25) is 0 Å². The van der Waals surface area contributed by atoms with Gasteiger partial charge in [0.2, 0.25) is 0 Å². The highest BCUT2D eigenvalue weighted by Crippen LogP contribution is 2.19. The first-order valence-corrected chi connectivity index (χ1v) is 6.10. The second-order valence-electron chi connectivity index (χ2n) is 4.17. The lowest BCUT2D eigenvalue weighted by Gasteiger charge is -2.05. The molecule has 0 unspecified atom stereocenters. The van der Waals surface area contributed by atoms with Crippen LogP contribution in [0.4, 0.5) is 4.39 Å². The van der Waals surface area contributed by atoms with Crippen molar-refractivity contribution in [3.8, 4) is 5.75 Å². The summed E-state index contributed by atoms with van der Waals surface area (Å²) in [6, 6.07) is 4.78. The zero-order valence-corrected chi connectivity index (χ0v) is 10.5. The van der Waals surface area contributed by atoms with Crippen molar-refractivity contribution in [2.45, 2.75) is 46.0 Å². The fraction of sp³-hybridized carbons (Fsp3) is 0.500. The summed E-state index contributed by atoms with van der Waals surface area (Å²) in [5.74, 6) is -0.956. The summed E-state index contributed by atoms with van der Waals surface area (Å²) in [5, 5.41) is 0. The van der Waals surface area contributed by atoms with E-state index in [1.165, 1.54) is 38.3 Å². The van der Waals surface area contributed by atoms with Gasteiger partial charge in [0, 0.05) is 6.92 Å². The minimum atomic E-state index is -0.500. The van der Waals surface area contributed by atoms with Gasteiger partial charge in [-0.3, -0.25) is 4.79 Å². The van der Waals surface area contributed by atoms with E-state index in [0.29, 0.717) is 0 Å². The number of carbonyl (C=O) groups is 1. The Hall–Kier alpha value is -1.38. The second kappa shape index (κ2) is 7.05. The van der Waals surface area contributed by atoms with E-state index >= 15 is 0 Å². The van der Waals surface area contributed by atoms with Crippen molar-refractivity contribution in [2.24, 2.45) is 0 Å². The number of halogens is 1. The van der Waals surface area contributed by atoms with Gasteiger partial charge in [-0.1, -0.05) is 32.3 Å². The van der Waals surface area contributed by atoms with Crippen LogP contribution in [-0.2, 0) is 11.2 Å². The van der Waals surface area contributed by atoms with Crippen molar-refractivity contribution >= 4 is 5.97 Å². The lowest BCUT2D eigenvalue weighted by molar-refractivity contribution is -0.132. The van der Waals surface area contributed by atoms with Gasteiger partial charge >= 0.3 is 5.97 Å². The van der Waals surface area contributed by atoms with Crippen LogP contribution in [0.1, 0.15) is 45.1 Å². The van der Waals surface area contributed by atoms with Gasteiger partial charge in [-0.25, -0.2) is 4.39 Å². The van der Waals surface area contributed by atoms with Crippen LogP contribution in [0.15, 0.2) is 18.2 Å². The van der Waals surface area contributed by atoms with E-state index < -0.39 is 11.8 Å². The highest BCUT2D eigenvalue weighted by Gasteiger charge is 2.06. The summed E-state index contributed by atoms with van der Waals surface area (Å²) in [6.45, 7) is 3.42. The molecule has 0 aromatic heterocycles. The molecular weight excluding hydrogens is 219 g/mol. The van der Waals surface area contributed by atoms with Crippen molar-refractivity contribution in [3.05, 3.63) is 29.6 Å². The van der Waals surface area contributed by atoms with E-state index in [1.54, 1.807) is 0 Å². The maximum atomic E-state index is 13.5. The van der Waals surface area contributed by atoms with E-state index in [4.69, 9.17) is 4.74 Å². The van der Waals surface area contributed by atoms with Gasteiger partial charge in [-0.05, 0) is 30.5 Å². The Morgan fingerprint density at radius 1 is 1.29 bits per heavy atom. The van der Waals surface area contributed by atoms with Crippen LogP contribution in [0.3, 0.4) is 0 Å². The Morgan fingerprint density at radius 3 is 2.65 bits per heavy atom. The van der Waals surface area contributed by atoms with Crippen molar-refractivity contribution in [1.29, 1.82) is 0 Å². The molecule has 0 aliphatic heterocycles. The molecule has 0 radical (unpaired) electrons. The molecule has 0 atom stereocenters. The zero-order valence-electron chi connectivity index (χ0n) is 10.5. The molecule has 1 aromatic rings. The summed E-state index contributed by atoms with van der Waals surface area (Å²) in [4.78, 5) is 10.7. The first-order chi connectivity index (χ1) is 8.13. The Labute approximate surface area is 102 Å². The molecule has 0 N–H and O–H groups in total. The van der Waals surface area contributed by atoms with E-state index in [9.17, 15) is 9.18 Å². The molecule has 0 spiro atoms. The number of rotatable bonds is 6. The number of unbranched alkanes of at least 4 members (excludes halogenated alkanes) is 3. The average Bonchev–Trinajstić information content (AvgIpc) is 2.27. The summed E-state index contributed by atoms with van der Waals surface area (Å²) in [6.07, 6.45) is 5.52. The smallest absolute Gasteiger partial charge is 0.308 e. The molecule has 2 nitrogen and oxygen atoms in total. The minimum Gasteiger partial charge on any atom is -0.424 e. The maximum Gasteiger partial charge on any atom is 0.308 e. The van der Waals surface area contributed by atoms with Gasteiger partial charge in [0.1, 0.15) is 0 Å². The molecule has 0 saturated heterocycles. The number of ether oxygens (including phenoxy) is 1. The highest BCUT2D eigenvalue weighted by atomic mass is 19.1. The molecule has 0 fully saturated rings. The number of hydrogen-bond acceptors (Lipinski definition) is 2. The third-order valence-corrected chi connectivity index (χ3v) is 2.57. The van der Waals surface area contributed by atoms with E-state index in [-0.39, 0.29) is 5.75 Å². The lowest BCUT2D eigenvalue weighted by atomic mass is 10.1. The molecule has 0 amide bonds. The van der Waals surface area contributed by atoms with Crippen LogP contribution in [-0.4, -0.2) is 5.97 Å². The van der Waals surface area contributed by atoms with Gasteiger partial charge in [-0.2, -0.15) is 0 Å². The zero-order chi connectivity index (χ0) is 12.7. The topological polar surface area (TPSA) is 26.3 Å². The molecule has 0 bridgehead atoms. The Kier molecular flexibility index (Phi) is 5.67. The van der Waals surface area contributed by atoms with E-state index in [0.717, 1.165) is 18.4 Å². The molecule has 1 aromatic carbocycles. The quantitative estimate of drug-likeness (QED) is 0.427. The first kappa shape index (κ1) is 13.7. The molecule has 0 aliphatic carbocycles. The highest BCUT2D eigenvalue weighted by molar-refractivity contribution is 5.69. The number of aryl methyl sites for hydroxylation is 1. The number of carbonyl (C=O) groups excluding carboxylic acids is 1. The fourth-order valence-electron chi connectivity index (χ4n) is 1.69. The number of esters is 1. The molecule has 17 heavy (non-hydrogen) atoms. The molecule has 0 aliphatic rings. The molecular formula is C14H19FO2. The molecule has 94 valence electrons. The molecule has 0 heterocycles. The van der Waals surface area contributed by atoms with Gasteiger partial charge in [0.25, 0.3) is 0 Å². The van der Waals surface area contributed by atoms with Gasteiger partial charge in [0.05, 0.1) is 0 Å². The lowest BCUT2D eigenvalue weighted by Crippen LogP contribution is -2.03. The minimum absolute atomic E-state index is 0.00908. The predicted octanol–water partition coefficient (Wildman–Crippen LogP) is 3.87. The third kappa shape index (κ3) is 4.98. The van der Waals surface area contributed by atoms with Gasteiger partial charge < -0.3 is 4.74 Å². The molecule has 0 saturated carbocycles. The average molecular weight is 238 g/mol. The van der Waals surface area contributed by atoms with E-state index in [2.05, 4.69) is 6.92 Å². The Bertz CT molecular complexity index is 374. The standard InChI is InChI=1S/C14H19FO2/c1-3-4-5-6-7-12-8-9-14(13(15)10-12)17-11(2)16/h8-10H,3-7H2,1-2H3. The number of benzene rings is 1. The van der Waals surface area contributed by atoms with Crippen LogP contribution >= 0.6 is 0 Å². The first-order valence-electron chi connectivity index (χ1n) is 6.10. The van der Waals surface area contributed by atoms with Gasteiger partial charge in [-0.15, -0.1) is 0 Å². The normalized spacial score (nSPS) is 10.3. The third-order valence-electron chi connectivity index (χ3n) is 2.57. The van der Waals surface area contributed by atoms with Gasteiger partial charge in [0.15, 0.2) is 11.6 Å². The van der Waals surface area contributed by atoms with Crippen LogP contribution in [0.5, 0.6) is 5.75 Å². The molecule has 1 rings (SSSR count). The van der Waals surface area contributed by atoms with Crippen molar-refractivity contribution < 1.29 is 13.9 Å². The van der Waals surface area contributed by atoms with E-state index in [1.807, 2.05) is 6.07 Å². The predicted molar refractivity (Wildman–Crippen MR) is 65.6 cm³/mol. The summed E-state index contributed by atoms with van der Waals surface area (Å²) in [5.41, 5.74) is 0.953. The SMILES string of the molecule is CCCCCCc1ccc(OC(C)=O)c(F)c1. The summed E-state index contributed by atoms with van der Waals surface area (Å²) < 4.78 is 18.2. The Balaban J connectivity index is 2.53. The number of hydrogen-bond donors (Lipinski definition) is 0. The summed E-state index contributed by atoms with van der Waals surface area (Å²) >= 11 is 0.